The number of hydrogen-bond donors (Lipinski definition) is 1. The van der Waals surface area contributed by atoms with Gasteiger partial charge in [-0.3, -0.25) is 0 Å². The molecule has 2 rings (SSSR count). The molecule has 0 radical (unpaired) electrons. The van der Waals surface area contributed by atoms with E-state index >= 15 is 0 Å². The summed E-state index contributed by atoms with van der Waals surface area (Å²) in [5, 5.41) is 3.92. The van der Waals surface area contributed by atoms with Crippen molar-refractivity contribution < 1.29 is 0 Å². The fourth-order valence-corrected chi connectivity index (χ4v) is 2.97. The van der Waals surface area contributed by atoms with Crippen LogP contribution >= 0.6 is 39.3 Å². The molecule has 0 spiro atoms. The maximum absolute atomic E-state index is 6.29. The molecule has 94 valence electrons. The molecule has 0 atom stereocenters. The molecule has 0 aliphatic heterocycles. The van der Waals surface area contributed by atoms with Gasteiger partial charge in [-0.05, 0) is 49.0 Å². The van der Waals surface area contributed by atoms with Crippen molar-refractivity contribution in [3.63, 3.8) is 0 Å². The number of benzene rings is 2. The van der Waals surface area contributed by atoms with E-state index in [4.69, 9.17) is 11.6 Å². The summed E-state index contributed by atoms with van der Waals surface area (Å²) in [6.45, 7) is 0.836. The van der Waals surface area contributed by atoms with E-state index in [0.29, 0.717) is 0 Å². The summed E-state index contributed by atoms with van der Waals surface area (Å²) < 4.78 is 1.09. The number of halogens is 2. The zero-order valence-electron chi connectivity index (χ0n) is 9.91. The monoisotopic (exact) mass is 341 g/mol. The molecule has 1 N–H and O–H groups in total. The third-order valence-electron chi connectivity index (χ3n) is 2.42. The van der Waals surface area contributed by atoms with Crippen molar-refractivity contribution >= 4 is 39.3 Å². The topological polar surface area (TPSA) is 12.0 Å². The van der Waals surface area contributed by atoms with Crippen LogP contribution in [0.1, 0.15) is 5.56 Å². The van der Waals surface area contributed by atoms with Crippen LogP contribution in [0.25, 0.3) is 0 Å². The average Bonchev–Trinajstić information content (AvgIpc) is 2.36. The summed E-state index contributed by atoms with van der Waals surface area (Å²) in [7, 11) is 1.93. The second-order valence-electron chi connectivity index (χ2n) is 3.85. The molecule has 4 heteroatoms. The predicted molar refractivity (Wildman–Crippen MR) is 82.5 cm³/mol. The fraction of sp³-hybridized carbons (Fsp3) is 0.143. The van der Waals surface area contributed by atoms with Crippen molar-refractivity contribution in [2.75, 3.05) is 7.05 Å². The standard InChI is InChI=1S/C14H13BrClNS/c1-17-9-10-2-7-14(13(16)8-10)18-12-5-3-11(15)4-6-12/h2-8,17H,9H2,1H3. The molecule has 18 heavy (non-hydrogen) atoms. The van der Waals surface area contributed by atoms with E-state index in [0.717, 1.165) is 20.9 Å². The Labute approximate surface area is 125 Å². The second-order valence-corrected chi connectivity index (χ2v) is 6.29. The Kier molecular flexibility index (Phi) is 5.13. The molecule has 0 aliphatic rings. The first kappa shape index (κ1) is 13.9. The summed E-state index contributed by atoms with van der Waals surface area (Å²) in [5.41, 5.74) is 1.20. The lowest BCUT2D eigenvalue weighted by Gasteiger charge is -2.07. The van der Waals surface area contributed by atoms with Gasteiger partial charge in [-0.2, -0.15) is 0 Å². The molecule has 0 saturated heterocycles. The molecule has 1 nitrogen and oxygen atoms in total. The lowest BCUT2D eigenvalue weighted by atomic mass is 10.2. The van der Waals surface area contributed by atoms with Crippen molar-refractivity contribution in [2.45, 2.75) is 16.3 Å². The first-order valence-electron chi connectivity index (χ1n) is 5.55. The summed E-state index contributed by atoms with van der Waals surface area (Å²) in [6, 6.07) is 14.4. The quantitative estimate of drug-likeness (QED) is 0.841. The molecular formula is C14H13BrClNS. The van der Waals surface area contributed by atoms with Crippen molar-refractivity contribution in [1.29, 1.82) is 0 Å². The molecule has 0 aromatic heterocycles. The van der Waals surface area contributed by atoms with Gasteiger partial charge in [0.05, 0.1) is 5.02 Å². The van der Waals surface area contributed by atoms with Crippen molar-refractivity contribution in [2.24, 2.45) is 0 Å². The van der Waals surface area contributed by atoms with Gasteiger partial charge in [-0.15, -0.1) is 0 Å². The van der Waals surface area contributed by atoms with Gasteiger partial charge in [0.1, 0.15) is 0 Å². The molecular weight excluding hydrogens is 330 g/mol. The lowest BCUT2D eigenvalue weighted by molar-refractivity contribution is 0.817. The van der Waals surface area contributed by atoms with Crippen LogP contribution in [0.2, 0.25) is 5.02 Å². The van der Waals surface area contributed by atoms with Gasteiger partial charge < -0.3 is 5.32 Å². The molecule has 2 aromatic carbocycles. The predicted octanol–water partition coefficient (Wildman–Crippen LogP) is 4.97. The normalized spacial score (nSPS) is 10.6. The summed E-state index contributed by atoms with van der Waals surface area (Å²) in [5.74, 6) is 0. The van der Waals surface area contributed by atoms with Gasteiger partial charge in [-0.1, -0.05) is 45.4 Å². The third kappa shape index (κ3) is 3.75. The number of hydrogen-bond acceptors (Lipinski definition) is 2. The third-order valence-corrected chi connectivity index (χ3v) is 4.46. The van der Waals surface area contributed by atoms with Crippen molar-refractivity contribution in [3.05, 3.63) is 57.5 Å². The van der Waals surface area contributed by atoms with E-state index in [1.54, 1.807) is 11.8 Å². The van der Waals surface area contributed by atoms with E-state index in [-0.39, 0.29) is 0 Å². The molecule has 0 amide bonds. The number of rotatable bonds is 4. The minimum atomic E-state index is 0.802. The Hall–Kier alpha value is -0.480. The van der Waals surface area contributed by atoms with Gasteiger partial charge >= 0.3 is 0 Å². The molecule has 0 fully saturated rings. The van der Waals surface area contributed by atoms with Gasteiger partial charge in [0.25, 0.3) is 0 Å². The first-order valence-corrected chi connectivity index (χ1v) is 7.54. The SMILES string of the molecule is CNCc1ccc(Sc2ccc(Br)cc2)c(Cl)c1. The Morgan fingerprint density at radius 3 is 2.50 bits per heavy atom. The minimum Gasteiger partial charge on any atom is -0.316 e. The Bertz CT molecular complexity index is 528. The highest BCUT2D eigenvalue weighted by molar-refractivity contribution is 9.10. The second kappa shape index (κ2) is 6.62. The van der Waals surface area contributed by atoms with Crippen LogP contribution in [0.5, 0.6) is 0 Å². The van der Waals surface area contributed by atoms with E-state index in [1.807, 2.05) is 25.2 Å². The van der Waals surface area contributed by atoms with E-state index < -0.39 is 0 Å². The molecule has 0 saturated carbocycles. The summed E-state index contributed by atoms with van der Waals surface area (Å²) >= 11 is 11.4. The van der Waals surface area contributed by atoms with Gasteiger partial charge in [-0.25, -0.2) is 0 Å². The van der Waals surface area contributed by atoms with Gasteiger partial charge in [0, 0.05) is 20.8 Å². The highest BCUT2D eigenvalue weighted by Crippen LogP contribution is 2.34. The Balaban J connectivity index is 2.16. The highest BCUT2D eigenvalue weighted by atomic mass is 79.9. The molecule has 2 aromatic rings. The Morgan fingerprint density at radius 2 is 1.89 bits per heavy atom. The largest absolute Gasteiger partial charge is 0.316 e. The molecule has 0 unspecified atom stereocenters. The average molecular weight is 343 g/mol. The van der Waals surface area contributed by atoms with E-state index in [2.05, 4.69) is 45.5 Å². The maximum atomic E-state index is 6.29. The van der Waals surface area contributed by atoms with Crippen molar-refractivity contribution in [3.8, 4) is 0 Å². The highest BCUT2D eigenvalue weighted by Gasteiger charge is 2.04. The number of nitrogens with one attached hydrogen (secondary N) is 1. The van der Waals surface area contributed by atoms with Crippen LogP contribution in [0, 0.1) is 0 Å². The molecule has 0 heterocycles. The smallest absolute Gasteiger partial charge is 0.0548 e. The van der Waals surface area contributed by atoms with E-state index in [9.17, 15) is 0 Å². The zero-order valence-corrected chi connectivity index (χ0v) is 13.1. The van der Waals surface area contributed by atoms with Gasteiger partial charge in [0.15, 0.2) is 0 Å². The summed E-state index contributed by atoms with van der Waals surface area (Å²) in [4.78, 5) is 2.26. The maximum Gasteiger partial charge on any atom is 0.0548 e. The zero-order chi connectivity index (χ0) is 13.0. The summed E-state index contributed by atoms with van der Waals surface area (Å²) in [6.07, 6.45) is 0. The van der Waals surface area contributed by atoms with Crippen LogP contribution < -0.4 is 5.32 Å². The first-order chi connectivity index (χ1) is 8.69. The van der Waals surface area contributed by atoms with E-state index in [1.165, 1.54) is 10.5 Å². The van der Waals surface area contributed by atoms with Crippen LogP contribution in [0.15, 0.2) is 56.7 Å². The van der Waals surface area contributed by atoms with Crippen molar-refractivity contribution in [1.82, 2.24) is 5.32 Å². The fourth-order valence-electron chi connectivity index (χ4n) is 1.57. The van der Waals surface area contributed by atoms with Crippen LogP contribution in [0.3, 0.4) is 0 Å². The molecule has 0 aliphatic carbocycles. The van der Waals surface area contributed by atoms with Gasteiger partial charge in [0.2, 0.25) is 0 Å². The lowest BCUT2D eigenvalue weighted by Crippen LogP contribution is -2.04. The minimum absolute atomic E-state index is 0.802. The van der Waals surface area contributed by atoms with Crippen LogP contribution in [-0.4, -0.2) is 7.05 Å². The Morgan fingerprint density at radius 1 is 1.17 bits per heavy atom. The molecule has 0 bridgehead atoms. The van der Waals surface area contributed by atoms with Crippen LogP contribution in [0.4, 0.5) is 0 Å². The van der Waals surface area contributed by atoms with Crippen LogP contribution in [-0.2, 0) is 6.54 Å².